The van der Waals surface area contributed by atoms with Gasteiger partial charge >= 0.3 is 0 Å². The van der Waals surface area contributed by atoms with Crippen LogP contribution < -0.4 is 15.8 Å². The first kappa shape index (κ1) is 18.4. The molecule has 0 radical (unpaired) electrons. The molecule has 2 aromatic carbocycles. The Kier molecular flexibility index (Phi) is 5.25. The molecule has 5 nitrogen and oxygen atoms in total. The van der Waals surface area contributed by atoms with Crippen molar-refractivity contribution in [3.8, 4) is 17.1 Å². The number of aryl methyl sites for hydroxylation is 1. The molecule has 0 unspecified atom stereocenters. The van der Waals surface area contributed by atoms with Crippen LogP contribution in [0.1, 0.15) is 16.1 Å². The number of nitrogen functional groups attached to an aromatic ring is 1. The van der Waals surface area contributed by atoms with Crippen molar-refractivity contribution in [2.24, 2.45) is 0 Å². The Morgan fingerprint density at radius 1 is 1.23 bits per heavy atom. The molecule has 7 heteroatoms. The van der Waals surface area contributed by atoms with E-state index in [1.54, 1.807) is 43.5 Å². The largest absolute Gasteiger partial charge is 0.495 e. The van der Waals surface area contributed by atoms with Gasteiger partial charge in [0.25, 0.3) is 5.91 Å². The number of rotatable bonds is 4. The number of hydrogen-bond acceptors (Lipinski definition) is 4. The predicted octanol–water partition coefficient (Wildman–Crippen LogP) is 5.51. The molecule has 0 saturated heterocycles. The Hall–Kier alpha value is -2.44. The van der Waals surface area contributed by atoms with Crippen LogP contribution in [0, 0.1) is 6.92 Å². The Balaban J connectivity index is 1.84. The van der Waals surface area contributed by atoms with Crippen LogP contribution >= 0.6 is 27.5 Å². The smallest absolute Gasteiger partial charge is 0.291 e. The Labute approximate surface area is 164 Å². The van der Waals surface area contributed by atoms with E-state index in [4.69, 9.17) is 26.5 Å². The summed E-state index contributed by atoms with van der Waals surface area (Å²) in [6, 6.07) is 12.1. The third kappa shape index (κ3) is 3.71. The minimum Gasteiger partial charge on any atom is -0.495 e. The molecule has 3 rings (SSSR count). The molecule has 1 heterocycles. The third-order valence-electron chi connectivity index (χ3n) is 3.81. The Bertz CT molecular complexity index is 962. The number of amides is 1. The minimum absolute atomic E-state index is 0.190. The average Bonchev–Trinajstić information content (AvgIpc) is 3.08. The van der Waals surface area contributed by atoms with Gasteiger partial charge in [-0.25, -0.2) is 0 Å². The quantitative estimate of drug-likeness (QED) is 0.529. The number of furan rings is 1. The summed E-state index contributed by atoms with van der Waals surface area (Å²) in [4.78, 5) is 12.5. The van der Waals surface area contributed by atoms with E-state index in [-0.39, 0.29) is 11.7 Å². The number of nitrogens with two attached hydrogens (primary N) is 1. The van der Waals surface area contributed by atoms with Crippen LogP contribution in [0.3, 0.4) is 0 Å². The maximum atomic E-state index is 12.5. The lowest BCUT2D eigenvalue weighted by Gasteiger charge is -2.10. The van der Waals surface area contributed by atoms with Gasteiger partial charge in [0.15, 0.2) is 5.76 Å². The molecule has 134 valence electrons. The van der Waals surface area contributed by atoms with Crippen molar-refractivity contribution < 1.29 is 13.9 Å². The minimum atomic E-state index is -0.357. The van der Waals surface area contributed by atoms with Crippen LogP contribution in [0.5, 0.6) is 5.75 Å². The fourth-order valence-electron chi connectivity index (χ4n) is 2.54. The van der Waals surface area contributed by atoms with Crippen LogP contribution in [0.25, 0.3) is 11.3 Å². The summed E-state index contributed by atoms with van der Waals surface area (Å²) < 4.78 is 11.5. The second-order valence-corrected chi connectivity index (χ2v) is 6.92. The second-order valence-electron chi connectivity index (χ2n) is 5.66. The number of methoxy groups -OCH3 is 1. The molecule has 0 fully saturated rings. The molecule has 3 N–H and O–H groups in total. The highest BCUT2D eigenvalue weighted by Crippen LogP contribution is 2.32. The van der Waals surface area contributed by atoms with E-state index >= 15 is 0 Å². The van der Waals surface area contributed by atoms with Crippen molar-refractivity contribution in [3.63, 3.8) is 0 Å². The van der Waals surface area contributed by atoms with Crippen molar-refractivity contribution in [3.05, 3.63) is 63.3 Å². The van der Waals surface area contributed by atoms with Crippen molar-refractivity contribution in [2.45, 2.75) is 6.92 Å². The Morgan fingerprint density at radius 3 is 2.65 bits per heavy atom. The summed E-state index contributed by atoms with van der Waals surface area (Å²) >= 11 is 9.55. The maximum absolute atomic E-state index is 12.5. The molecule has 0 atom stereocenters. The lowest BCUT2D eigenvalue weighted by Crippen LogP contribution is -2.12. The van der Waals surface area contributed by atoms with Crippen LogP contribution in [0.4, 0.5) is 11.4 Å². The first-order chi connectivity index (χ1) is 12.4. The molecular formula is C19H16BrClN2O3. The van der Waals surface area contributed by atoms with Gasteiger partial charge < -0.3 is 20.2 Å². The summed E-state index contributed by atoms with van der Waals surface area (Å²) in [5.74, 6) is 0.941. The number of ether oxygens (including phenoxy) is 1. The molecule has 1 amide bonds. The summed E-state index contributed by atoms with van der Waals surface area (Å²) in [5.41, 5.74) is 8.65. The van der Waals surface area contributed by atoms with Crippen LogP contribution in [0.15, 0.2) is 51.4 Å². The summed E-state index contributed by atoms with van der Waals surface area (Å²) in [5, 5.41) is 3.30. The third-order valence-corrected chi connectivity index (χ3v) is 4.74. The first-order valence-electron chi connectivity index (χ1n) is 7.69. The fraction of sp³-hybridized carbons (Fsp3) is 0.105. The number of carbonyl (C=O) groups is 1. The number of nitrogens with one attached hydrogen (secondary N) is 1. The molecule has 0 saturated carbocycles. The summed E-state index contributed by atoms with van der Waals surface area (Å²) in [7, 11) is 1.55. The normalized spacial score (nSPS) is 10.6. The summed E-state index contributed by atoms with van der Waals surface area (Å²) in [6.07, 6.45) is 0. The summed E-state index contributed by atoms with van der Waals surface area (Å²) in [6.45, 7) is 1.86. The van der Waals surface area contributed by atoms with E-state index in [1.165, 1.54) is 0 Å². The number of carbonyl (C=O) groups excluding carboxylic acids is 1. The average molecular weight is 436 g/mol. The zero-order valence-corrected chi connectivity index (χ0v) is 16.4. The topological polar surface area (TPSA) is 77.5 Å². The van der Waals surface area contributed by atoms with Gasteiger partial charge in [-0.2, -0.15) is 0 Å². The monoisotopic (exact) mass is 434 g/mol. The van der Waals surface area contributed by atoms with Crippen molar-refractivity contribution in [1.29, 1.82) is 0 Å². The molecule has 0 aliphatic heterocycles. The van der Waals surface area contributed by atoms with Crippen LogP contribution in [0.2, 0.25) is 5.02 Å². The zero-order valence-electron chi connectivity index (χ0n) is 14.1. The fourth-order valence-corrected chi connectivity index (χ4v) is 3.47. The molecule has 0 bridgehead atoms. The van der Waals surface area contributed by atoms with Crippen molar-refractivity contribution >= 4 is 44.8 Å². The molecule has 26 heavy (non-hydrogen) atoms. The van der Waals surface area contributed by atoms with Gasteiger partial charge in [0, 0.05) is 15.7 Å². The maximum Gasteiger partial charge on any atom is 0.291 e. The van der Waals surface area contributed by atoms with Crippen molar-refractivity contribution in [2.75, 3.05) is 18.2 Å². The van der Waals surface area contributed by atoms with Gasteiger partial charge in [0.2, 0.25) is 0 Å². The van der Waals surface area contributed by atoms with Crippen molar-refractivity contribution in [1.82, 2.24) is 0 Å². The van der Waals surface area contributed by atoms with Gasteiger partial charge in [-0.15, -0.1) is 0 Å². The molecule has 0 aliphatic rings. The van der Waals surface area contributed by atoms with Gasteiger partial charge in [-0.05, 0) is 70.9 Å². The van der Waals surface area contributed by atoms with E-state index < -0.39 is 0 Å². The second kappa shape index (κ2) is 7.43. The highest BCUT2D eigenvalue weighted by Gasteiger charge is 2.16. The van der Waals surface area contributed by atoms with Gasteiger partial charge in [0.1, 0.15) is 11.5 Å². The molecular weight excluding hydrogens is 420 g/mol. The van der Waals surface area contributed by atoms with Gasteiger partial charge in [0.05, 0.1) is 17.8 Å². The van der Waals surface area contributed by atoms with Gasteiger partial charge in [-0.3, -0.25) is 4.79 Å². The number of benzene rings is 2. The van der Waals surface area contributed by atoms with E-state index in [9.17, 15) is 4.79 Å². The lowest BCUT2D eigenvalue weighted by atomic mass is 10.1. The van der Waals surface area contributed by atoms with E-state index in [2.05, 4.69) is 21.2 Å². The first-order valence-corrected chi connectivity index (χ1v) is 8.87. The zero-order chi connectivity index (χ0) is 18.8. The highest BCUT2D eigenvalue weighted by molar-refractivity contribution is 9.10. The standard InChI is InChI=1S/C19H16BrClN2O3/c1-10-7-12(22)9-13(20)18(10)23-19(24)17-6-5-15(26-17)11-3-4-16(25-2)14(21)8-11/h3-9H,22H2,1-2H3,(H,23,24). The SMILES string of the molecule is COc1ccc(-c2ccc(C(=O)Nc3c(C)cc(N)cc3Br)o2)cc1Cl. The van der Waals surface area contributed by atoms with E-state index in [0.29, 0.717) is 32.4 Å². The highest BCUT2D eigenvalue weighted by atomic mass is 79.9. The van der Waals surface area contributed by atoms with E-state index in [1.807, 2.05) is 13.0 Å². The molecule has 0 aliphatic carbocycles. The predicted molar refractivity (Wildman–Crippen MR) is 107 cm³/mol. The number of anilines is 2. The van der Waals surface area contributed by atoms with Crippen LogP contribution in [-0.2, 0) is 0 Å². The molecule has 1 aromatic heterocycles. The molecule has 3 aromatic rings. The van der Waals surface area contributed by atoms with Gasteiger partial charge in [-0.1, -0.05) is 11.6 Å². The lowest BCUT2D eigenvalue weighted by molar-refractivity contribution is 0.0997. The molecule has 0 spiro atoms. The number of hydrogen-bond donors (Lipinski definition) is 2. The number of halogens is 2. The Morgan fingerprint density at radius 2 is 2.00 bits per heavy atom. The van der Waals surface area contributed by atoms with Crippen LogP contribution in [-0.4, -0.2) is 13.0 Å². The van der Waals surface area contributed by atoms with E-state index in [0.717, 1.165) is 11.1 Å².